The standard InChI is InChI=1S/C22H24N4O5/c1-21(2,3)14-8-10-15(11-9-14)22(4)19(28)25(20(29)24-22)13-18(27)23-16-6-5-7-17(12-16)26(30)31/h5-12H,13H2,1-4H3,(H,23,27)(H,24,29)/t22-/m0/s1. The maximum absolute atomic E-state index is 13.0. The first-order valence-corrected chi connectivity index (χ1v) is 9.71. The van der Waals surface area contributed by atoms with Crippen molar-refractivity contribution in [3.8, 4) is 0 Å². The van der Waals surface area contributed by atoms with Crippen molar-refractivity contribution in [2.75, 3.05) is 11.9 Å². The number of non-ortho nitro benzene ring substituents is 1. The molecule has 9 heteroatoms. The Morgan fingerprint density at radius 2 is 1.81 bits per heavy atom. The van der Waals surface area contributed by atoms with E-state index in [4.69, 9.17) is 0 Å². The molecule has 1 saturated heterocycles. The van der Waals surface area contributed by atoms with Gasteiger partial charge in [0.05, 0.1) is 4.92 Å². The topological polar surface area (TPSA) is 122 Å². The minimum Gasteiger partial charge on any atom is -0.324 e. The minimum atomic E-state index is -1.29. The minimum absolute atomic E-state index is 0.0565. The number of carbonyl (C=O) groups excluding carboxylic acids is 3. The predicted molar refractivity (Wildman–Crippen MR) is 114 cm³/mol. The Balaban J connectivity index is 1.74. The number of hydrogen-bond donors (Lipinski definition) is 2. The highest BCUT2D eigenvalue weighted by Crippen LogP contribution is 2.31. The molecule has 2 aromatic rings. The molecule has 1 aliphatic heterocycles. The van der Waals surface area contributed by atoms with Crippen LogP contribution < -0.4 is 10.6 Å². The van der Waals surface area contributed by atoms with E-state index in [0.29, 0.717) is 5.56 Å². The summed E-state index contributed by atoms with van der Waals surface area (Å²) >= 11 is 0. The molecule has 0 aromatic heterocycles. The first kappa shape index (κ1) is 21.9. The van der Waals surface area contributed by atoms with Crippen LogP contribution in [-0.4, -0.2) is 34.2 Å². The smallest absolute Gasteiger partial charge is 0.324 e. The van der Waals surface area contributed by atoms with Crippen molar-refractivity contribution < 1.29 is 19.3 Å². The number of nitrogens with zero attached hydrogens (tertiary/aromatic N) is 2. The summed E-state index contributed by atoms with van der Waals surface area (Å²) in [5, 5.41) is 16.0. The van der Waals surface area contributed by atoms with Crippen LogP contribution in [0.5, 0.6) is 0 Å². The van der Waals surface area contributed by atoms with Crippen LogP contribution in [0.15, 0.2) is 48.5 Å². The molecular weight excluding hydrogens is 400 g/mol. The lowest BCUT2D eigenvalue weighted by atomic mass is 9.84. The largest absolute Gasteiger partial charge is 0.325 e. The number of amides is 4. The zero-order valence-corrected chi connectivity index (χ0v) is 17.8. The summed E-state index contributed by atoms with van der Waals surface area (Å²) < 4.78 is 0. The molecule has 31 heavy (non-hydrogen) atoms. The van der Waals surface area contributed by atoms with Crippen LogP contribution in [0.3, 0.4) is 0 Å². The van der Waals surface area contributed by atoms with Crippen LogP contribution in [0.4, 0.5) is 16.2 Å². The molecule has 2 aromatic carbocycles. The number of urea groups is 1. The molecular formula is C22H24N4O5. The van der Waals surface area contributed by atoms with Gasteiger partial charge in [0.2, 0.25) is 5.91 Å². The van der Waals surface area contributed by atoms with Gasteiger partial charge >= 0.3 is 6.03 Å². The van der Waals surface area contributed by atoms with E-state index in [1.165, 1.54) is 24.3 Å². The zero-order chi connectivity index (χ0) is 23.0. The first-order chi connectivity index (χ1) is 14.4. The summed E-state index contributed by atoms with van der Waals surface area (Å²) in [6.07, 6.45) is 0. The van der Waals surface area contributed by atoms with E-state index in [9.17, 15) is 24.5 Å². The Labute approximate surface area is 179 Å². The zero-order valence-electron chi connectivity index (χ0n) is 17.8. The summed E-state index contributed by atoms with van der Waals surface area (Å²) in [6.45, 7) is 7.32. The Kier molecular flexibility index (Phi) is 5.54. The second-order valence-electron chi connectivity index (χ2n) is 8.63. The summed E-state index contributed by atoms with van der Waals surface area (Å²) in [6, 6.07) is 12.2. The van der Waals surface area contributed by atoms with E-state index >= 15 is 0 Å². The summed E-state index contributed by atoms with van der Waals surface area (Å²) in [4.78, 5) is 49.0. The number of anilines is 1. The number of rotatable bonds is 5. The number of nitro groups is 1. The lowest BCUT2D eigenvalue weighted by Gasteiger charge is -2.24. The molecule has 1 fully saturated rings. The van der Waals surface area contributed by atoms with Gasteiger partial charge in [-0.15, -0.1) is 0 Å². The third-order valence-electron chi connectivity index (χ3n) is 5.25. The molecule has 0 spiro atoms. The van der Waals surface area contributed by atoms with E-state index in [1.807, 2.05) is 12.1 Å². The molecule has 9 nitrogen and oxygen atoms in total. The molecule has 1 heterocycles. The van der Waals surface area contributed by atoms with Gasteiger partial charge in [-0.2, -0.15) is 0 Å². The molecule has 1 atom stereocenters. The lowest BCUT2D eigenvalue weighted by molar-refractivity contribution is -0.384. The number of carbonyl (C=O) groups is 3. The molecule has 0 aliphatic carbocycles. The van der Waals surface area contributed by atoms with Crippen molar-refractivity contribution in [3.05, 3.63) is 69.8 Å². The van der Waals surface area contributed by atoms with Crippen LogP contribution in [0, 0.1) is 10.1 Å². The third kappa shape index (κ3) is 4.40. The highest BCUT2D eigenvalue weighted by Gasteiger charge is 2.49. The normalized spacial score (nSPS) is 18.6. The maximum Gasteiger partial charge on any atom is 0.325 e. The van der Waals surface area contributed by atoms with Crippen molar-refractivity contribution in [2.45, 2.75) is 38.6 Å². The van der Waals surface area contributed by atoms with Gasteiger partial charge in [0.15, 0.2) is 0 Å². The van der Waals surface area contributed by atoms with Gasteiger partial charge in [-0.25, -0.2) is 4.79 Å². The molecule has 1 aliphatic rings. The lowest BCUT2D eigenvalue weighted by Crippen LogP contribution is -2.42. The van der Waals surface area contributed by atoms with Crippen molar-refractivity contribution in [2.24, 2.45) is 0 Å². The van der Waals surface area contributed by atoms with Crippen LogP contribution in [0.2, 0.25) is 0 Å². The van der Waals surface area contributed by atoms with Crippen LogP contribution >= 0.6 is 0 Å². The highest BCUT2D eigenvalue weighted by molar-refractivity contribution is 6.10. The molecule has 162 valence electrons. The van der Waals surface area contributed by atoms with Crippen molar-refractivity contribution >= 4 is 29.2 Å². The van der Waals surface area contributed by atoms with Crippen molar-refractivity contribution in [1.82, 2.24) is 10.2 Å². The summed E-state index contributed by atoms with van der Waals surface area (Å²) in [5.74, 6) is -1.19. The van der Waals surface area contributed by atoms with Gasteiger partial charge in [0.25, 0.3) is 11.6 Å². The van der Waals surface area contributed by atoms with Gasteiger partial charge in [-0.3, -0.25) is 24.6 Å². The van der Waals surface area contributed by atoms with Crippen LogP contribution in [0.25, 0.3) is 0 Å². The second kappa shape index (κ2) is 7.82. The van der Waals surface area contributed by atoms with E-state index in [1.54, 1.807) is 19.1 Å². The van der Waals surface area contributed by atoms with Crippen molar-refractivity contribution in [1.29, 1.82) is 0 Å². The first-order valence-electron chi connectivity index (χ1n) is 9.71. The highest BCUT2D eigenvalue weighted by atomic mass is 16.6. The Bertz CT molecular complexity index is 1060. The molecule has 0 bridgehead atoms. The Morgan fingerprint density at radius 1 is 1.16 bits per heavy atom. The van der Waals surface area contributed by atoms with Gasteiger partial charge in [-0.05, 0) is 29.5 Å². The quantitative estimate of drug-likeness (QED) is 0.433. The number of hydrogen-bond acceptors (Lipinski definition) is 5. The molecule has 0 saturated carbocycles. The van der Waals surface area contributed by atoms with Gasteiger partial charge in [0.1, 0.15) is 12.1 Å². The summed E-state index contributed by atoms with van der Waals surface area (Å²) in [7, 11) is 0. The summed E-state index contributed by atoms with van der Waals surface area (Å²) in [5.41, 5.74) is 0.370. The number of imide groups is 1. The number of nitro benzene ring substituents is 1. The van der Waals surface area contributed by atoms with Gasteiger partial charge < -0.3 is 10.6 Å². The average molecular weight is 424 g/mol. The third-order valence-corrected chi connectivity index (χ3v) is 5.25. The van der Waals surface area contributed by atoms with E-state index in [-0.39, 0.29) is 16.8 Å². The fraction of sp³-hybridized carbons (Fsp3) is 0.318. The van der Waals surface area contributed by atoms with Crippen molar-refractivity contribution in [3.63, 3.8) is 0 Å². The Morgan fingerprint density at radius 3 is 2.39 bits per heavy atom. The van der Waals surface area contributed by atoms with Gasteiger partial charge in [-0.1, -0.05) is 51.1 Å². The Hall–Kier alpha value is -3.75. The van der Waals surface area contributed by atoms with E-state index in [2.05, 4.69) is 31.4 Å². The maximum atomic E-state index is 13.0. The fourth-order valence-corrected chi connectivity index (χ4v) is 3.38. The number of nitrogens with one attached hydrogen (secondary N) is 2. The fourth-order valence-electron chi connectivity index (χ4n) is 3.38. The molecule has 2 N–H and O–H groups in total. The molecule has 0 unspecified atom stereocenters. The average Bonchev–Trinajstić information content (AvgIpc) is 2.91. The molecule has 4 amide bonds. The van der Waals surface area contributed by atoms with E-state index < -0.39 is 34.9 Å². The van der Waals surface area contributed by atoms with E-state index in [0.717, 1.165) is 10.5 Å². The second-order valence-corrected chi connectivity index (χ2v) is 8.63. The number of benzene rings is 2. The molecule has 0 radical (unpaired) electrons. The van der Waals surface area contributed by atoms with Crippen LogP contribution in [-0.2, 0) is 20.5 Å². The van der Waals surface area contributed by atoms with Crippen LogP contribution in [0.1, 0.15) is 38.8 Å². The monoisotopic (exact) mass is 424 g/mol. The van der Waals surface area contributed by atoms with Gasteiger partial charge in [0, 0.05) is 17.8 Å². The predicted octanol–water partition coefficient (Wildman–Crippen LogP) is 3.30. The SMILES string of the molecule is CC(C)(C)c1ccc([C@]2(C)NC(=O)N(CC(=O)Nc3cccc([N+](=O)[O-])c3)C2=O)cc1. The molecule has 3 rings (SSSR count).